The lowest BCUT2D eigenvalue weighted by Crippen LogP contribution is -1.78. The van der Waals surface area contributed by atoms with E-state index in [1.54, 1.807) is 5.16 Å². The van der Waals surface area contributed by atoms with E-state index in [4.69, 9.17) is 5.41 Å². The van der Waals surface area contributed by atoms with Gasteiger partial charge in [0.2, 0.25) is 12.2 Å². The highest BCUT2D eigenvalue weighted by Gasteiger charge is 1.87. The van der Waals surface area contributed by atoms with E-state index in [2.05, 4.69) is 22.2 Å². The summed E-state index contributed by atoms with van der Waals surface area (Å²) in [6.45, 7) is 0. The van der Waals surface area contributed by atoms with Gasteiger partial charge in [0.25, 0.3) is 0 Å². The van der Waals surface area contributed by atoms with Crippen LogP contribution in [-0.2, 0) is 9.59 Å². The number of nitrogens with zero attached hydrogens (tertiary/aromatic N) is 2. The van der Waals surface area contributed by atoms with Crippen molar-refractivity contribution in [2.45, 2.75) is 0 Å². The van der Waals surface area contributed by atoms with Crippen LogP contribution in [0.25, 0.3) is 0 Å². The lowest BCUT2D eigenvalue weighted by molar-refractivity contribution is 0.257. The molecule has 0 spiro atoms. The standard InChI is InChI=1S/C3N2O3.CHNS/c6-1-4-3(8)5-2-7;2-1-3/h;2H. The van der Waals surface area contributed by atoms with Crippen LogP contribution in [0.1, 0.15) is 0 Å². The molecule has 11 heavy (non-hydrogen) atoms. The van der Waals surface area contributed by atoms with E-state index >= 15 is 0 Å². The fraction of sp³-hybridized carbons (Fsp3) is 0. The van der Waals surface area contributed by atoms with Gasteiger partial charge in [-0.2, -0.15) is 0 Å². The van der Waals surface area contributed by atoms with Gasteiger partial charge in [0.05, 0.1) is 5.16 Å². The van der Waals surface area contributed by atoms with E-state index in [-0.39, 0.29) is 0 Å². The molecule has 0 heterocycles. The molecule has 0 fully saturated rings. The summed E-state index contributed by atoms with van der Waals surface area (Å²) in [5.41, 5.74) is 0. The summed E-state index contributed by atoms with van der Waals surface area (Å²) < 4.78 is 0. The zero-order valence-corrected chi connectivity index (χ0v) is 5.84. The Bertz CT molecular complexity index is 236. The summed E-state index contributed by atoms with van der Waals surface area (Å²) >= 11 is 3.81. The summed E-state index contributed by atoms with van der Waals surface area (Å²) in [5.74, 6) is 0. The van der Waals surface area contributed by atoms with Crippen LogP contribution in [0.2, 0.25) is 0 Å². The highest BCUT2D eigenvalue weighted by molar-refractivity contribution is 7.78. The third-order valence-electron chi connectivity index (χ3n) is 0.283. The smallest absolute Gasteiger partial charge is 0.248 e. The van der Waals surface area contributed by atoms with Crippen molar-refractivity contribution < 1.29 is 14.4 Å². The second kappa shape index (κ2) is 11.1. The molecule has 0 saturated carbocycles. The Morgan fingerprint density at radius 2 is 1.55 bits per heavy atom. The number of carbonyl (C=O) groups is 1. The first-order chi connectivity index (χ1) is 5.22. The van der Waals surface area contributed by atoms with E-state index in [0.717, 1.165) is 12.2 Å². The van der Waals surface area contributed by atoms with Gasteiger partial charge in [0.1, 0.15) is 0 Å². The Balaban J connectivity index is 0. The van der Waals surface area contributed by atoms with Gasteiger partial charge in [-0.1, -0.05) is 0 Å². The first-order valence-corrected chi connectivity index (χ1v) is 2.37. The number of isothiocyanates is 1. The molecule has 0 aliphatic rings. The molecule has 0 aliphatic carbocycles. The minimum Gasteiger partial charge on any atom is -0.248 e. The molecule has 0 bridgehead atoms. The van der Waals surface area contributed by atoms with Crippen LogP contribution in [-0.4, -0.2) is 23.4 Å². The Labute approximate surface area is 66.2 Å². The molecular formula is C4HN3O3S. The summed E-state index contributed by atoms with van der Waals surface area (Å²) in [7, 11) is 0. The van der Waals surface area contributed by atoms with Crippen molar-refractivity contribution in [1.29, 1.82) is 5.41 Å². The van der Waals surface area contributed by atoms with Crippen LogP contribution in [0.4, 0.5) is 4.79 Å². The molecule has 6 nitrogen and oxygen atoms in total. The normalized spacial score (nSPS) is 5.09. The van der Waals surface area contributed by atoms with Gasteiger partial charge < -0.3 is 0 Å². The summed E-state index contributed by atoms with van der Waals surface area (Å²) in [6, 6.07) is -1.19. The maximum absolute atomic E-state index is 9.78. The van der Waals surface area contributed by atoms with Crippen molar-refractivity contribution >= 4 is 35.6 Å². The van der Waals surface area contributed by atoms with Crippen LogP contribution in [0.3, 0.4) is 0 Å². The maximum atomic E-state index is 9.78. The van der Waals surface area contributed by atoms with E-state index < -0.39 is 6.03 Å². The predicted octanol–water partition coefficient (Wildman–Crippen LogP) is 0.446. The number of carbonyl (C=O) groups excluding carboxylic acids is 3. The molecule has 0 aromatic carbocycles. The molecule has 0 rings (SSSR count). The predicted molar refractivity (Wildman–Crippen MR) is 37.0 cm³/mol. The third kappa shape index (κ3) is 17.9. The van der Waals surface area contributed by atoms with Crippen molar-refractivity contribution in [1.82, 2.24) is 0 Å². The average Bonchev–Trinajstić information content (AvgIpc) is 1.90. The minimum absolute atomic E-state index is 0.905. The lowest BCUT2D eigenvalue weighted by atomic mass is 11.1. The molecule has 0 radical (unpaired) electrons. The zero-order valence-electron chi connectivity index (χ0n) is 5.03. The highest BCUT2D eigenvalue weighted by atomic mass is 32.1. The fourth-order valence-corrected chi connectivity index (χ4v) is 0.103. The first kappa shape index (κ1) is 12.0. The molecule has 0 aromatic heterocycles. The molecule has 1 N–H and O–H groups in total. The molecule has 56 valence electrons. The number of nitrogens with one attached hydrogen (secondary N) is 1. The minimum atomic E-state index is -1.19. The molecule has 0 atom stereocenters. The van der Waals surface area contributed by atoms with Gasteiger partial charge >= 0.3 is 6.03 Å². The maximum Gasteiger partial charge on any atom is 0.388 e. The number of aliphatic imine (C=N–C) groups is 2. The van der Waals surface area contributed by atoms with Crippen LogP contribution in [0.5, 0.6) is 0 Å². The molecular weight excluding hydrogens is 170 g/mol. The van der Waals surface area contributed by atoms with Crippen molar-refractivity contribution in [3.05, 3.63) is 0 Å². The van der Waals surface area contributed by atoms with E-state index in [1.165, 1.54) is 0 Å². The molecule has 7 heteroatoms. The number of thiocarbonyl (C=S) groups is 1. The molecule has 0 aromatic rings. The number of hydrogen-bond acceptors (Lipinski definition) is 5. The van der Waals surface area contributed by atoms with Crippen molar-refractivity contribution in [2.24, 2.45) is 9.98 Å². The Kier molecular flexibility index (Phi) is 12.1. The summed E-state index contributed by atoms with van der Waals surface area (Å²) in [4.78, 5) is 33.0. The van der Waals surface area contributed by atoms with Crippen molar-refractivity contribution in [2.75, 3.05) is 0 Å². The van der Waals surface area contributed by atoms with Gasteiger partial charge in [0, 0.05) is 0 Å². The fourth-order valence-electron chi connectivity index (χ4n) is 0.103. The van der Waals surface area contributed by atoms with Gasteiger partial charge in [0.15, 0.2) is 0 Å². The highest BCUT2D eigenvalue weighted by Crippen LogP contribution is 1.73. The second-order valence-corrected chi connectivity index (χ2v) is 0.995. The van der Waals surface area contributed by atoms with Gasteiger partial charge in [-0.15, -0.1) is 9.98 Å². The number of amides is 2. The molecule has 0 unspecified atom stereocenters. The monoisotopic (exact) mass is 171 g/mol. The Morgan fingerprint density at radius 3 is 1.73 bits per heavy atom. The SMILES string of the molecule is N=C=S.O=C=NC(=O)N=C=O. The largest absolute Gasteiger partial charge is 0.388 e. The zero-order chi connectivity index (χ0) is 9.11. The quantitative estimate of drug-likeness (QED) is 0.324. The van der Waals surface area contributed by atoms with Crippen molar-refractivity contribution in [3.63, 3.8) is 0 Å². The van der Waals surface area contributed by atoms with Crippen LogP contribution in [0, 0.1) is 5.41 Å². The number of urea groups is 1. The molecule has 0 saturated heterocycles. The molecule has 2 amide bonds. The summed E-state index contributed by atoms with van der Waals surface area (Å²) in [6.07, 6.45) is 1.81. The number of hydrogen-bond donors (Lipinski definition) is 1. The van der Waals surface area contributed by atoms with Gasteiger partial charge in [-0.05, 0) is 12.2 Å². The topological polar surface area (TPSA) is 99.8 Å². The lowest BCUT2D eigenvalue weighted by Gasteiger charge is -1.63. The Morgan fingerprint density at radius 1 is 1.27 bits per heavy atom. The van der Waals surface area contributed by atoms with E-state index in [9.17, 15) is 14.4 Å². The third-order valence-corrected chi connectivity index (χ3v) is 0.283. The number of rotatable bonds is 0. The number of isocyanates is 2. The van der Waals surface area contributed by atoms with Crippen LogP contribution >= 0.6 is 12.2 Å². The first-order valence-electron chi connectivity index (χ1n) is 1.96. The van der Waals surface area contributed by atoms with Gasteiger partial charge in [-0.3, -0.25) is 0 Å². The van der Waals surface area contributed by atoms with Crippen LogP contribution < -0.4 is 0 Å². The average molecular weight is 171 g/mol. The van der Waals surface area contributed by atoms with E-state index in [0.29, 0.717) is 0 Å². The van der Waals surface area contributed by atoms with Gasteiger partial charge in [-0.25, -0.2) is 19.8 Å². The second-order valence-electron chi connectivity index (χ2n) is 0.791. The summed E-state index contributed by atoms with van der Waals surface area (Å²) in [5, 5.41) is 7.36. The van der Waals surface area contributed by atoms with Crippen molar-refractivity contribution in [3.8, 4) is 0 Å². The Hall–Kier alpha value is -1.77. The molecule has 0 aliphatic heterocycles. The van der Waals surface area contributed by atoms with E-state index in [1.807, 2.05) is 0 Å². The van der Waals surface area contributed by atoms with Crippen LogP contribution in [0.15, 0.2) is 9.98 Å².